The van der Waals surface area contributed by atoms with E-state index in [-0.39, 0.29) is 13.0 Å². The van der Waals surface area contributed by atoms with E-state index in [1.165, 1.54) is 7.11 Å². The van der Waals surface area contributed by atoms with E-state index < -0.39 is 36.7 Å². The van der Waals surface area contributed by atoms with Crippen molar-refractivity contribution in [2.24, 2.45) is 0 Å². The highest BCUT2D eigenvalue weighted by Crippen LogP contribution is 2.22. The zero-order valence-electron chi connectivity index (χ0n) is 12.5. The van der Waals surface area contributed by atoms with Gasteiger partial charge in [0, 0.05) is 20.1 Å². The lowest BCUT2D eigenvalue weighted by Crippen LogP contribution is -2.41. The maximum Gasteiger partial charge on any atom is 0.406 e. The lowest BCUT2D eigenvalue weighted by atomic mass is 10.1. The number of rotatable bonds is 5. The van der Waals surface area contributed by atoms with Crippen molar-refractivity contribution in [1.82, 2.24) is 10.2 Å². The smallest absolute Gasteiger partial charge is 0.367 e. The van der Waals surface area contributed by atoms with E-state index in [1.54, 1.807) is 30.3 Å². The molecular formula is C15H17F3N2O3. The minimum Gasteiger partial charge on any atom is -0.367 e. The summed E-state index contributed by atoms with van der Waals surface area (Å²) in [5.41, 5.74) is 0.629. The van der Waals surface area contributed by atoms with Gasteiger partial charge in [-0.15, -0.1) is 0 Å². The van der Waals surface area contributed by atoms with Crippen LogP contribution < -0.4 is 5.32 Å². The molecule has 8 heteroatoms. The third kappa shape index (κ3) is 4.69. The molecule has 1 heterocycles. The van der Waals surface area contributed by atoms with Crippen molar-refractivity contribution in [2.45, 2.75) is 24.7 Å². The quantitative estimate of drug-likeness (QED) is 0.893. The van der Waals surface area contributed by atoms with Gasteiger partial charge in [0.1, 0.15) is 6.54 Å². The lowest BCUT2D eigenvalue weighted by molar-refractivity contribution is -0.157. The Morgan fingerprint density at radius 2 is 2.04 bits per heavy atom. The fourth-order valence-corrected chi connectivity index (χ4v) is 2.54. The topological polar surface area (TPSA) is 58.6 Å². The number of benzene rings is 1. The third-order valence-corrected chi connectivity index (χ3v) is 3.51. The molecule has 1 aliphatic rings. The van der Waals surface area contributed by atoms with Crippen molar-refractivity contribution in [2.75, 3.05) is 20.2 Å². The van der Waals surface area contributed by atoms with Crippen LogP contribution in [-0.4, -0.2) is 49.1 Å². The molecule has 0 bridgehead atoms. The molecular weight excluding hydrogens is 313 g/mol. The summed E-state index contributed by atoms with van der Waals surface area (Å²) in [5.74, 6) is -1.10. The Morgan fingerprint density at radius 3 is 2.61 bits per heavy atom. The molecule has 0 radical (unpaired) electrons. The van der Waals surface area contributed by atoms with E-state index >= 15 is 0 Å². The van der Waals surface area contributed by atoms with Crippen molar-refractivity contribution in [1.29, 1.82) is 0 Å². The standard InChI is InChI=1S/C15H17F3N2O3/c1-23-13(10-5-3-2-4-6-10)14(22)19-11-7-12(21)20(8-11)9-15(16,17)18/h2-6,11,13H,7-9H2,1H3,(H,19,22)/t11-,13+/m0/s1. The van der Waals surface area contributed by atoms with Crippen molar-refractivity contribution in [3.8, 4) is 0 Å². The summed E-state index contributed by atoms with van der Waals surface area (Å²) in [5, 5.41) is 2.58. The molecule has 1 aromatic carbocycles. The van der Waals surface area contributed by atoms with Crippen LogP contribution in [-0.2, 0) is 14.3 Å². The first-order chi connectivity index (χ1) is 10.8. The molecule has 1 fully saturated rings. The molecule has 0 spiro atoms. The Morgan fingerprint density at radius 1 is 1.39 bits per heavy atom. The average Bonchev–Trinajstić information content (AvgIpc) is 2.78. The fourth-order valence-electron chi connectivity index (χ4n) is 2.54. The fraction of sp³-hybridized carbons (Fsp3) is 0.467. The number of hydrogen-bond acceptors (Lipinski definition) is 3. The summed E-state index contributed by atoms with van der Waals surface area (Å²) >= 11 is 0. The molecule has 2 amide bonds. The van der Waals surface area contributed by atoms with Crippen LogP contribution in [0.15, 0.2) is 30.3 Å². The van der Waals surface area contributed by atoms with Gasteiger partial charge in [0.05, 0.1) is 6.04 Å². The zero-order chi connectivity index (χ0) is 17.0. The number of hydrogen-bond donors (Lipinski definition) is 1. The number of likely N-dealkylation sites (tertiary alicyclic amines) is 1. The molecule has 5 nitrogen and oxygen atoms in total. The summed E-state index contributed by atoms with van der Waals surface area (Å²) in [4.78, 5) is 24.5. The normalized spacial score (nSPS) is 19.7. The number of carbonyl (C=O) groups is 2. The number of ether oxygens (including phenoxy) is 1. The molecule has 2 atom stereocenters. The number of methoxy groups -OCH3 is 1. The van der Waals surface area contributed by atoms with E-state index in [0.29, 0.717) is 10.5 Å². The first-order valence-electron chi connectivity index (χ1n) is 7.03. The Hall–Kier alpha value is -2.09. The highest BCUT2D eigenvalue weighted by atomic mass is 19.4. The molecule has 1 aliphatic heterocycles. The van der Waals surface area contributed by atoms with Gasteiger partial charge >= 0.3 is 6.18 Å². The maximum absolute atomic E-state index is 12.4. The number of nitrogens with zero attached hydrogens (tertiary/aromatic N) is 1. The van der Waals surface area contributed by atoms with E-state index in [1.807, 2.05) is 0 Å². The summed E-state index contributed by atoms with van der Waals surface area (Å²) in [6.07, 6.45) is -5.47. The second-order valence-corrected chi connectivity index (χ2v) is 5.33. The maximum atomic E-state index is 12.4. The van der Waals surface area contributed by atoms with Gasteiger partial charge in [-0.05, 0) is 5.56 Å². The molecule has 0 saturated carbocycles. The van der Waals surface area contributed by atoms with Gasteiger partial charge in [0.15, 0.2) is 6.10 Å². The molecule has 2 rings (SSSR count). The van der Waals surface area contributed by atoms with Crippen LogP contribution in [0.4, 0.5) is 13.2 Å². The number of carbonyl (C=O) groups excluding carboxylic acids is 2. The van der Waals surface area contributed by atoms with Crippen molar-refractivity contribution < 1.29 is 27.5 Å². The first kappa shape index (κ1) is 17.3. The van der Waals surface area contributed by atoms with E-state index in [9.17, 15) is 22.8 Å². The SMILES string of the molecule is CO[C@@H](C(=O)N[C@H]1CC(=O)N(CC(F)(F)F)C1)c1ccccc1. The van der Waals surface area contributed by atoms with Gasteiger partial charge in [-0.25, -0.2) is 0 Å². The van der Waals surface area contributed by atoms with E-state index in [0.717, 1.165) is 0 Å². The zero-order valence-corrected chi connectivity index (χ0v) is 12.5. The minimum atomic E-state index is -4.45. The highest BCUT2D eigenvalue weighted by molar-refractivity contribution is 5.85. The number of amides is 2. The Bertz CT molecular complexity index is 563. The summed E-state index contributed by atoms with van der Waals surface area (Å²) < 4.78 is 42.3. The van der Waals surface area contributed by atoms with Crippen LogP contribution >= 0.6 is 0 Å². The molecule has 23 heavy (non-hydrogen) atoms. The summed E-state index contributed by atoms with van der Waals surface area (Å²) in [6.45, 7) is -1.46. The largest absolute Gasteiger partial charge is 0.406 e. The van der Waals surface area contributed by atoms with Gasteiger partial charge in [-0.2, -0.15) is 13.2 Å². The second-order valence-electron chi connectivity index (χ2n) is 5.33. The molecule has 0 unspecified atom stereocenters. The molecule has 0 aliphatic carbocycles. The Balaban J connectivity index is 1.97. The predicted molar refractivity (Wildman–Crippen MR) is 75.4 cm³/mol. The highest BCUT2D eigenvalue weighted by Gasteiger charge is 2.39. The van der Waals surface area contributed by atoms with Gasteiger partial charge in [0.2, 0.25) is 5.91 Å². The lowest BCUT2D eigenvalue weighted by Gasteiger charge is -2.20. The summed E-state index contributed by atoms with van der Waals surface area (Å²) in [6, 6.07) is 8.06. The van der Waals surface area contributed by atoms with Crippen LogP contribution in [0, 0.1) is 0 Å². The summed E-state index contributed by atoms with van der Waals surface area (Å²) in [7, 11) is 1.37. The second kappa shape index (κ2) is 6.99. The molecule has 126 valence electrons. The van der Waals surface area contributed by atoms with Crippen LogP contribution in [0.2, 0.25) is 0 Å². The van der Waals surface area contributed by atoms with Crippen molar-refractivity contribution in [3.05, 3.63) is 35.9 Å². The van der Waals surface area contributed by atoms with Crippen molar-refractivity contribution in [3.63, 3.8) is 0 Å². The van der Waals surface area contributed by atoms with Crippen LogP contribution in [0.3, 0.4) is 0 Å². The molecule has 1 aromatic rings. The van der Waals surface area contributed by atoms with E-state index in [4.69, 9.17) is 4.74 Å². The van der Waals surface area contributed by atoms with E-state index in [2.05, 4.69) is 5.32 Å². The third-order valence-electron chi connectivity index (χ3n) is 3.51. The van der Waals surface area contributed by atoms with Gasteiger partial charge in [-0.3, -0.25) is 9.59 Å². The Labute approximate surface area is 131 Å². The minimum absolute atomic E-state index is 0.146. The number of halogens is 3. The number of nitrogens with one attached hydrogen (secondary N) is 1. The van der Waals surface area contributed by atoms with Crippen LogP contribution in [0.1, 0.15) is 18.1 Å². The van der Waals surface area contributed by atoms with Crippen molar-refractivity contribution >= 4 is 11.8 Å². The van der Waals surface area contributed by atoms with Crippen LogP contribution in [0.5, 0.6) is 0 Å². The van der Waals surface area contributed by atoms with Gasteiger partial charge < -0.3 is 15.0 Å². The number of alkyl halides is 3. The van der Waals surface area contributed by atoms with Gasteiger partial charge in [0.25, 0.3) is 5.91 Å². The molecule has 1 saturated heterocycles. The first-order valence-corrected chi connectivity index (χ1v) is 7.03. The Kier molecular flexibility index (Phi) is 5.25. The van der Waals surface area contributed by atoms with Gasteiger partial charge in [-0.1, -0.05) is 30.3 Å². The molecule has 1 N–H and O–H groups in total. The molecule has 0 aromatic heterocycles. The van der Waals surface area contributed by atoms with Crippen LogP contribution in [0.25, 0.3) is 0 Å². The predicted octanol–water partition coefficient (Wildman–Crippen LogP) is 1.65. The monoisotopic (exact) mass is 330 g/mol. The average molecular weight is 330 g/mol.